The van der Waals surface area contributed by atoms with Crippen LogP contribution >= 0.6 is 0 Å². The molecule has 330 valence electrons. The molecular formula is C43H58N2O15. The molecule has 17 nitrogen and oxygen atoms in total. The van der Waals surface area contributed by atoms with Crippen LogP contribution in [0, 0.1) is 0 Å². The Balaban J connectivity index is 1.75. The topological polar surface area (TPSA) is 202 Å². The first-order chi connectivity index (χ1) is 28.8. The molecule has 2 amide bonds. The van der Waals surface area contributed by atoms with Gasteiger partial charge in [-0.1, -0.05) is 44.0 Å². The summed E-state index contributed by atoms with van der Waals surface area (Å²) in [5.41, 5.74) is 0.821. The van der Waals surface area contributed by atoms with Gasteiger partial charge >= 0.3 is 30.1 Å². The highest BCUT2D eigenvalue weighted by atomic mass is 16.6. The minimum Gasteiger partial charge on any atom is -0.491 e. The fourth-order valence-corrected chi connectivity index (χ4v) is 4.41. The number of carbonyl (C=O) groups is 5. The van der Waals surface area contributed by atoms with Crippen molar-refractivity contribution in [3.05, 3.63) is 91.1 Å². The number of benzene rings is 2. The van der Waals surface area contributed by atoms with E-state index in [4.69, 9.17) is 47.4 Å². The van der Waals surface area contributed by atoms with Gasteiger partial charge < -0.3 is 58.0 Å². The summed E-state index contributed by atoms with van der Waals surface area (Å²) in [6.45, 7) is 16.6. The molecule has 0 fully saturated rings. The lowest BCUT2D eigenvalue weighted by atomic mass is 10.3. The number of ether oxygens (including phenoxy) is 10. The van der Waals surface area contributed by atoms with Gasteiger partial charge in [-0.25, -0.2) is 24.0 Å². The Hall–Kier alpha value is -6.07. The molecule has 0 aromatic heterocycles. The van der Waals surface area contributed by atoms with E-state index >= 15 is 0 Å². The molecule has 60 heavy (non-hydrogen) atoms. The third kappa shape index (κ3) is 24.0. The predicted molar refractivity (Wildman–Crippen MR) is 219 cm³/mol. The van der Waals surface area contributed by atoms with Gasteiger partial charge in [-0.3, -0.25) is 0 Å². The molecular weight excluding hydrogens is 784 g/mol. The first-order valence-corrected chi connectivity index (χ1v) is 19.4. The molecule has 0 aliphatic heterocycles. The normalized spacial score (nSPS) is 11.4. The molecule has 0 saturated carbocycles. The van der Waals surface area contributed by atoms with E-state index in [1.807, 2.05) is 18.2 Å². The largest absolute Gasteiger partial charge is 0.491 e. The molecule has 17 heteroatoms. The van der Waals surface area contributed by atoms with E-state index in [-0.39, 0.29) is 96.7 Å². The van der Waals surface area contributed by atoms with Gasteiger partial charge in [0.05, 0.1) is 46.2 Å². The Labute approximate surface area is 351 Å². The Morgan fingerprint density at radius 2 is 0.967 bits per heavy atom. The second-order valence-corrected chi connectivity index (χ2v) is 13.1. The van der Waals surface area contributed by atoms with Crippen LogP contribution in [-0.2, 0) is 47.5 Å². The van der Waals surface area contributed by atoms with Crippen LogP contribution in [0.25, 0.3) is 0 Å². The van der Waals surface area contributed by atoms with Gasteiger partial charge in [0.15, 0.2) is 6.10 Å². The third-order valence-electron chi connectivity index (χ3n) is 7.50. The van der Waals surface area contributed by atoms with Gasteiger partial charge in [0.2, 0.25) is 0 Å². The molecule has 0 aliphatic rings. The van der Waals surface area contributed by atoms with Crippen molar-refractivity contribution in [2.24, 2.45) is 0 Å². The van der Waals surface area contributed by atoms with Gasteiger partial charge in [-0.05, 0) is 57.9 Å². The number of esters is 3. The van der Waals surface area contributed by atoms with E-state index in [0.29, 0.717) is 35.7 Å². The lowest BCUT2D eigenvalue weighted by molar-refractivity contribution is -0.140. The van der Waals surface area contributed by atoms with Crippen LogP contribution < -0.4 is 24.8 Å². The molecule has 2 atom stereocenters. The van der Waals surface area contributed by atoms with Crippen LogP contribution in [0.2, 0.25) is 0 Å². The third-order valence-corrected chi connectivity index (χ3v) is 7.50. The van der Waals surface area contributed by atoms with Crippen molar-refractivity contribution in [1.29, 1.82) is 0 Å². The Morgan fingerprint density at radius 1 is 0.517 bits per heavy atom. The number of nitrogens with one attached hydrogen (secondary N) is 2. The Kier molecular flexibility index (Phi) is 25.1. The van der Waals surface area contributed by atoms with Crippen molar-refractivity contribution in [2.75, 3.05) is 79.2 Å². The summed E-state index contributed by atoms with van der Waals surface area (Å²) >= 11 is 0. The van der Waals surface area contributed by atoms with Crippen molar-refractivity contribution in [1.82, 2.24) is 10.6 Å². The molecule has 0 saturated heterocycles. The van der Waals surface area contributed by atoms with E-state index < -0.39 is 42.3 Å². The summed E-state index contributed by atoms with van der Waals surface area (Å²) < 4.78 is 55.0. The maximum absolute atomic E-state index is 12.4. The van der Waals surface area contributed by atoms with Crippen LogP contribution in [-0.4, -0.2) is 121 Å². The maximum Gasteiger partial charge on any atom is 0.407 e. The molecule has 2 N–H and O–H groups in total. The van der Waals surface area contributed by atoms with Crippen molar-refractivity contribution in [3.63, 3.8) is 0 Å². The first kappa shape index (κ1) is 50.1. The summed E-state index contributed by atoms with van der Waals surface area (Å²) in [6, 6.07) is 16.1. The van der Waals surface area contributed by atoms with Crippen molar-refractivity contribution in [2.45, 2.75) is 52.2 Å². The molecule has 2 unspecified atom stereocenters. The number of rotatable bonds is 31. The molecule has 0 heterocycles. The highest BCUT2D eigenvalue weighted by Gasteiger charge is 2.18. The summed E-state index contributed by atoms with van der Waals surface area (Å²) in [5, 5.41) is 5.21. The quantitative estimate of drug-likeness (QED) is 0.0430. The maximum atomic E-state index is 12.4. The zero-order valence-electron chi connectivity index (χ0n) is 34.7. The summed E-state index contributed by atoms with van der Waals surface area (Å²) in [7, 11) is 0. The van der Waals surface area contributed by atoms with Crippen LogP contribution in [0.5, 0.6) is 17.2 Å². The monoisotopic (exact) mass is 842 g/mol. The number of alkyl carbamates (subject to hydrolysis) is 2. The molecule has 0 radical (unpaired) electrons. The number of para-hydroxylation sites is 1. The minimum atomic E-state index is -0.741. The van der Waals surface area contributed by atoms with E-state index in [1.165, 1.54) is 6.92 Å². The fourth-order valence-electron chi connectivity index (χ4n) is 4.41. The fraction of sp³-hybridized carbons (Fsp3) is 0.465. The average Bonchev–Trinajstić information content (AvgIpc) is 3.22. The standard InChI is InChI=1S/C43H58N2O15/c1-31(2)39(46)55-20-11-18-44-42(49)59-37(17-22-57-41(48)33(5)6)28-51-23-25-53-35-15-10-16-36(27-35)54-26-24-52-29-38(30-58-34-13-8-7-9-14-34)60-43(50)45-19-12-21-56-40(47)32(3)4/h7-10,13-16,27,37-38H,1,3,5,11-12,17-26,28-30H2,2,4,6H3,(H,44,49)(H,45,50). The van der Waals surface area contributed by atoms with Gasteiger partial charge in [-0.2, -0.15) is 0 Å². The second-order valence-electron chi connectivity index (χ2n) is 13.1. The summed E-state index contributed by atoms with van der Waals surface area (Å²) in [4.78, 5) is 59.6. The summed E-state index contributed by atoms with van der Waals surface area (Å²) in [6.07, 6.45) is -1.92. The Morgan fingerprint density at radius 3 is 1.47 bits per heavy atom. The molecule has 0 aliphatic carbocycles. The predicted octanol–water partition coefficient (Wildman–Crippen LogP) is 5.27. The molecule has 2 aromatic rings. The average molecular weight is 843 g/mol. The Bertz CT molecular complexity index is 1670. The second kappa shape index (κ2) is 30.0. The van der Waals surface area contributed by atoms with Crippen molar-refractivity contribution in [3.8, 4) is 17.2 Å². The van der Waals surface area contributed by atoms with E-state index in [9.17, 15) is 24.0 Å². The number of hydrogen-bond donors (Lipinski definition) is 2. The van der Waals surface area contributed by atoms with E-state index in [0.717, 1.165) is 0 Å². The van der Waals surface area contributed by atoms with Gasteiger partial charge in [0.25, 0.3) is 0 Å². The van der Waals surface area contributed by atoms with Crippen molar-refractivity contribution >= 4 is 30.1 Å². The van der Waals surface area contributed by atoms with Crippen LogP contribution in [0.1, 0.15) is 40.0 Å². The number of amides is 2. The smallest absolute Gasteiger partial charge is 0.407 e. The highest BCUT2D eigenvalue weighted by Crippen LogP contribution is 2.19. The number of hydrogen-bond acceptors (Lipinski definition) is 15. The highest BCUT2D eigenvalue weighted by molar-refractivity contribution is 5.87. The van der Waals surface area contributed by atoms with E-state index in [1.54, 1.807) is 50.2 Å². The van der Waals surface area contributed by atoms with Crippen molar-refractivity contribution < 1.29 is 71.3 Å². The molecule has 0 bridgehead atoms. The summed E-state index contributed by atoms with van der Waals surface area (Å²) in [5.74, 6) is 0.1000. The zero-order valence-corrected chi connectivity index (χ0v) is 34.7. The number of carbonyl (C=O) groups excluding carboxylic acids is 5. The van der Waals surface area contributed by atoms with Crippen LogP contribution in [0.3, 0.4) is 0 Å². The van der Waals surface area contributed by atoms with Gasteiger partial charge in [0, 0.05) is 42.3 Å². The van der Waals surface area contributed by atoms with Gasteiger partial charge in [-0.15, -0.1) is 0 Å². The zero-order chi connectivity index (χ0) is 44.0. The van der Waals surface area contributed by atoms with Crippen LogP contribution in [0.4, 0.5) is 9.59 Å². The van der Waals surface area contributed by atoms with Crippen LogP contribution in [0.15, 0.2) is 91.1 Å². The molecule has 2 aromatic carbocycles. The lowest BCUT2D eigenvalue weighted by Gasteiger charge is -2.19. The van der Waals surface area contributed by atoms with E-state index in [2.05, 4.69) is 30.4 Å². The molecule has 0 spiro atoms. The SMILES string of the molecule is C=C(C)C(=O)OCCCNC(=O)OC(CCOC(=O)C(=C)C)COCCOc1cccc(OCCOCC(COc2ccccc2)OC(=O)NCCCOC(=O)C(=C)C)c1. The first-order valence-electron chi connectivity index (χ1n) is 19.4. The molecule has 2 rings (SSSR count). The lowest BCUT2D eigenvalue weighted by Crippen LogP contribution is -2.36. The van der Waals surface area contributed by atoms with Gasteiger partial charge in [0.1, 0.15) is 43.2 Å². The minimum absolute atomic E-state index is 0.00448.